The molecule has 76 valence electrons. The molecule has 0 spiro atoms. The number of nitrogens with zero attached hydrogens (tertiary/aromatic N) is 1. The van der Waals surface area contributed by atoms with Crippen molar-refractivity contribution in [2.24, 2.45) is 11.8 Å². The van der Waals surface area contributed by atoms with Crippen molar-refractivity contribution in [2.75, 3.05) is 0 Å². The van der Waals surface area contributed by atoms with Gasteiger partial charge in [0.2, 0.25) is 0 Å². The number of hydrogen-bond acceptors (Lipinski definition) is 3. The van der Waals surface area contributed by atoms with Crippen molar-refractivity contribution in [1.82, 2.24) is 10.4 Å². The highest BCUT2D eigenvalue weighted by Gasteiger charge is 2.25. The first-order valence-corrected chi connectivity index (χ1v) is 5.18. The zero-order chi connectivity index (χ0) is 9.97. The van der Waals surface area contributed by atoms with Crippen LogP contribution in [0.4, 0.5) is 0 Å². The van der Waals surface area contributed by atoms with Crippen molar-refractivity contribution >= 4 is 0 Å². The Hall–Kier alpha value is -0.930. The van der Waals surface area contributed by atoms with E-state index in [0.717, 1.165) is 18.0 Å². The van der Waals surface area contributed by atoms with Crippen LogP contribution < -0.4 is 11.3 Å². The van der Waals surface area contributed by atoms with Crippen LogP contribution in [-0.4, -0.2) is 4.98 Å². The van der Waals surface area contributed by atoms with Crippen LogP contribution in [0.15, 0.2) is 18.3 Å². The smallest absolute Gasteiger partial charge is 0.0477 e. The third kappa shape index (κ3) is 2.30. The topological polar surface area (TPSA) is 50.9 Å². The Balaban J connectivity index is 2.05. The predicted molar refractivity (Wildman–Crippen MR) is 56.4 cm³/mol. The van der Waals surface area contributed by atoms with Crippen molar-refractivity contribution < 1.29 is 0 Å². The van der Waals surface area contributed by atoms with Crippen LogP contribution in [0.5, 0.6) is 0 Å². The molecule has 0 radical (unpaired) electrons. The van der Waals surface area contributed by atoms with Gasteiger partial charge in [0.15, 0.2) is 0 Å². The summed E-state index contributed by atoms with van der Waals surface area (Å²) in [4.78, 5) is 4.28. The van der Waals surface area contributed by atoms with E-state index in [0.29, 0.717) is 0 Å². The molecule has 0 amide bonds. The van der Waals surface area contributed by atoms with Crippen LogP contribution >= 0.6 is 0 Å². The number of aryl methyl sites for hydroxylation is 1. The zero-order valence-corrected chi connectivity index (χ0v) is 8.53. The number of nitrogens with one attached hydrogen (secondary N) is 1. The fourth-order valence-corrected chi connectivity index (χ4v) is 1.67. The average molecular weight is 191 g/mol. The summed E-state index contributed by atoms with van der Waals surface area (Å²) < 4.78 is 0. The quantitative estimate of drug-likeness (QED) is 0.562. The second kappa shape index (κ2) is 4.07. The Morgan fingerprint density at radius 1 is 1.57 bits per heavy atom. The van der Waals surface area contributed by atoms with Gasteiger partial charge in [-0.05, 0) is 30.9 Å². The molecule has 0 aromatic carbocycles. The van der Waals surface area contributed by atoms with Crippen LogP contribution in [-0.2, 0) is 0 Å². The summed E-state index contributed by atoms with van der Waals surface area (Å²) in [6.45, 7) is 2.00. The highest BCUT2D eigenvalue weighted by molar-refractivity contribution is 5.17. The Labute approximate surface area is 84.7 Å². The first-order valence-electron chi connectivity index (χ1n) is 5.18. The van der Waals surface area contributed by atoms with Crippen molar-refractivity contribution in [3.05, 3.63) is 29.6 Å². The third-order valence-electron chi connectivity index (χ3n) is 2.80. The molecular formula is C11H17N3. The largest absolute Gasteiger partial charge is 0.271 e. The lowest BCUT2D eigenvalue weighted by molar-refractivity contribution is 0.486. The number of pyridine rings is 1. The summed E-state index contributed by atoms with van der Waals surface area (Å²) in [6.07, 6.45) is 5.78. The summed E-state index contributed by atoms with van der Waals surface area (Å²) in [5, 5.41) is 0. The molecule has 1 aromatic heterocycles. The fourth-order valence-electron chi connectivity index (χ4n) is 1.67. The lowest BCUT2D eigenvalue weighted by Crippen LogP contribution is -2.28. The Morgan fingerprint density at radius 3 is 2.86 bits per heavy atom. The van der Waals surface area contributed by atoms with Gasteiger partial charge in [-0.3, -0.25) is 16.3 Å². The summed E-state index contributed by atoms with van der Waals surface area (Å²) in [6, 6.07) is 4.41. The lowest BCUT2D eigenvalue weighted by atomic mass is 10.0. The highest BCUT2D eigenvalue weighted by Crippen LogP contribution is 2.37. The number of rotatable bonds is 4. The van der Waals surface area contributed by atoms with E-state index in [-0.39, 0.29) is 6.04 Å². The summed E-state index contributed by atoms with van der Waals surface area (Å²) in [7, 11) is 0. The zero-order valence-electron chi connectivity index (χ0n) is 8.53. The summed E-state index contributed by atoms with van der Waals surface area (Å²) >= 11 is 0. The van der Waals surface area contributed by atoms with E-state index in [4.69, 9.17) is 5.84 Å². The minimum atomic E-state index is 0.274. The average Bonchev–Trinajstić information content (AvgIpc) is 3.00. The van der Waals surface area contributed by atoms with E-state index in [2.05, 4.69) is 16.5 Å². The highest BCUT2D eigenvalue weighted by atomic mass is 15.2. The van der Waals surface area contributed by atoms with Gasteiger partial charge in [-0.1, -0.05) is 18.9 Å². The molecule has 1 saturated carbocycles. The number of hydrazine groups is 1. The molecule has 3 N–H and O–H groups in total. The van der Waals surface area contributed by atoms with Gasteiger partial charge in [0.05, 0.1) is 0 Å². The molecule has 1 aliphatic rings. The molecule has 2 rings (SSSR count). The molecule has 1 unspecified atom stereocenters. The molecule has 1 atom stereocenters. The number of nitrogens with two attached hydrogens (primary N) is 1. The predicted octanol–water partition coefficient (Wildman–Crippen LogP) is 1.69. The van der Waals surface area contributed by atoms with E-state index in [1.807, 2.05) is 19.2 Å². The molecule has 0 saturated heterocycles. The van der Waals surface area contributed by atoms with Crippen LogP contribution in [0.2, 0.25) is 0 Å². The van der Waals surface area contributed by atoms with Gasteiger partial charge in [-0.15, -0.1) is 0 Å². The molecule has 14 heavy (non-hydrogen) atoms. The molecule has 1 aliphatic carbocycles. The van der Waals surface area contributed by atoms with E-state index < -0.39 is 0 Å². The summed E-state index contributed by atoms with van der Waals surface area (Å²) in [5.41, 5.74) is 5.12. The van der Waals surface area contributed by atoms with E-state index in [1.165, 1.54) is 18.4 Å². The van der Waals surface area contributed by atoms with Crippen molar-refractivity contribution in [3.63, 3.8) is 0 Å². The van der Waals surface area contributed by atoms with Gasteiger partial charge in [-0.2, -0.15) is 0 Å². The monoisotopic (exact) mass is 191 g/mol. The van der Waals surface area contributed by atoms with E-state index in [1.54, 1.807) is 0 Å². The van der Waals surface area contributed by atoms with Crippen LogP contribution in [0, 0.1) is 12.8 Å². The van der Waals surface area contributed by atoms with E-state index in [9.17, 15) is 0 Å². The third-order valence-corrected chi connectivity index (χ3v) is 2.80. The minimum Gasteiger partial charge on any atom is -0.271 e. The molecule has 1 aromatic rings. The van der Waals surface area contributed by atoms with Gasteiger partial charge in [0.1, 0.15) is 0 Å². The molecule has 0 bridgehead atoms. The molecule has 3 nitrogen and oxygen atoms in total. The summed E-state index contributed by atoms with van der Waals surface area (Å²) in [5.74, 6) is 6.41. The molecule has 1 fully saturated rings. The van der Waals surface area contributed by atoms with Crippen molar-refractivity contribution in [2.45, 2.75) is 32.2 Å². The Morgan fingerprint density at radius 2 is 2.36 bits per heavy atom. The van der Waals surface area contributed by atoms with Gasteiger partial charge in [0, 0.05) is 17.9 Å². The maximum atomic E-state index is 5.54. The van der Waals surface area contributed by atoms with E-state index >= 15 is 0 Å². The Kier molecular flexibility index (Phi) is 2.79. The van der Waals surface area contributed by atoms with Gasteiger partial charge < -0.3 is 0 Å². The lowest BCUT2D eigenvalue weighted by Gasteiger charge is -2.15. The molecular weight excluding hydrogens is 174 g/mol. The second-order valence-corrected chi connectivity index (χ2v) is 4.13. The minimum absolute atomic E-state index is 0.274. The molecule has 3 heteroatoms. The standard InChI is InChI=1S/C11H17N3/c1-8-2-5-10(7-13-8)11(14-12)6-9-3-4-9/h2,5,7,9,11,14H,3-4,6,12H2,1H3. The molecule has 1 heterocycles. The van der Waals surface area contributed by atoms with Crippen molar-refractivity contribution in [3.8, 4) is 0 Å². The SMILES string of the molecule is Cc1ccc(C(CC2CC2)NN)cn1. The first-order chi connectivity index (χ1) is 6.79. The number of hydrogen-bond donors (Lipinski definition) is 2. The van der Waals surface area contributed by atoms with Crippen LogP contribution in [0.3, 0.4) is 0 Å². The molecule has 0 aliphatic heterocycles. The van der Waals surface area contributed by atoms with Crippen LogP contribution in [0.25, 0.3) is 0 Å². The normalized spacial score (nSPS) is 18.1. The Bertz CT molecular complexity index is 290. The number of aromatic nitrogens is 1. The second-order valence-electron chi connectivity index (χ2n) is 4.13. The first kappa shape index (κ1) is 9.62. The van der Waals surface area contributed by atoms with Crippen LogP contribution in [0.1, 0.15) is 36.6 Å². The van der Waals surface area contributed by atoms with Gasteiger partial charge in [-0.25, -0.2) is 0 Å². The maximum Gasteiger partial charge on any atom is 0.0477 e. The fraction of sp³-hybridized carbons (Fsp3) is 0.545. The van der Waals surface area contributed by atoms with Gasteiger partial charge >= 0.3 is 0 Å². The van der Waals surface area contributed by atoms with Gasteiger partial charge in [0.25, 0.3) is 0 Å². The van der Waals surface area contributed by atoms with Crippen molar-refractivity contribution in [1.29, 1.82) is 0 Å². The maximum absolute atomic E-state index is 5.54.